The molecule has 0 bridgehead atoms. The van der Waals surface area contributed by atoms with Crippen molar-refractivity contribution < 1.29 is 4.42 Å². The number of hydrogen-bond donors (Lipinski definition) is 0. The molecule has 0 spiro atoms. The molecule has 296 valence electrons. The summed E-state index contributed by atoms with van der Waals surface area (Å²) >= 11 is 3.62. The van der Waals surface area contributed by atoms with Gasteiger partial charge in [0.2, 0.25) is 5.95 Å². The van der Waals surface area contributed by atoms with Crippen LogP contribution < -0.4 is 0 Å². The number of hydrogen-bond acceptors (Lipinski definition) is 5. The molecule has 0 radical (unpaired) electrons. The molecule has 2 aliphatic carbocycles. The van der Waals surface area contributed by atoms with E-state index in [-0.39, 0.29) is 11.3 Å². The second-order valence-corrected chi connectivity index (χ2v) is 19.2. The van der Waals surface area contributed by atoms with E-state index in [4.69, 9.17) is 14.4 Å². The van der Waals surface area contributed by atoms with Crippen LogP contribution in [-0.4, -0.2) is 14.5 Å². The van der Waals surface area contributed by atoms with Gasteiger partial charge in [-0.2, -0.15) is 0 Å². The Bertz CT molecular complexity index is 3990. The van der Waals surface area contributed by atoms with Gasteiger partial charge in [-0.15, -0.1) is 22.7 Å². The summed E-state index contributed by atoms with van der Waals surface area (Å²) in [6.07, 6.45) is 11.5. The zero-order chi connectivity index (χ0) is 41.4. The molecule has 0 saturated carbocycles. The van der Waals surface area contributed by atoms with Gasteiger partial charge >= 0.3 is 0 Å². The SMILES string of the molecule is CC12C=CC=CC1C(c1ccc3sc4ccccc4c3c1)=Cc1oc3c(ccc4c3c3ccccc3n4-c3nc(-c4ccc(-c5ccccc5)cc4)c4sc5ccccc5c4n3)c12. The van der Waals surface area contributed by atoms with Gasteiger partial charge in [-0.3, -0.25) is 4.57 Å². The first kappa shape index (κ1) is 35.2. The van der Waals surface area contributed by atoms with Gasteiger partial charge < -0.3 is 4.42 Å². The van der Waals surface area contributed by atoms with Crippen molar-refractivity contribution in [2.24, 2.45) is 5.92 Å². The number of furan rings is 1. The van der Waals surface area contributed by atoms with Crippen molar-refractivity contribution in [1.82, 2.24) is 14.5 Å². The van der Waals surface area contributed by atoms with Gasteiger partial charge in [0, 0.05) is 63.5 Å². The molecule has 0 amide bonds. The van der Waals surface area contributed by atoms with E-state index < -0.39 is 0 Å². The molecule has 63 heavy (non-hydrogen) atoms. The first-order valence-corrected chi connectivity index (χ1v) is 23.1. The largest absolute Gasteiger partial charge is 0.456 e. The number of aromatic nitrogens is 3. The van der Waals surface area contributed by atoms with Crippen LogP contribution in [0.2, 0.25) is 0 Å². The van der Waals surface area contributed by atoms with Crippen molar-refractivity contribution in [1.29, 1.82) is 0 Å². The number of para-hydroxylation sites is 1. The van der Waals surface area contributed by atoms with Crippen LogP contribution in [0.5, 0.6) is 0 Å². The van der Waals surface area contributed by atoms with E-state index in [1.807, 2.05) is 11.3 Å². The minimum absolute atomic E-state index is 0.135. The van der Waals surface area contributed by atoms with Crippen molar-refractivity contribution in [2.75, 3.05) is 0 Å². The fourth-order valence-electron chi connectivity index (χ4n) is 10.6. The number of thiophene rings is 2. The summed E-state index contributed by atoms with van der Waals surface area (Å²) in [5.74, 6) is 1.69. The van der Waals surface area contributed by atoms with Gasteiger partial charge in [0.15, 0.2) is 0 Å². The Morgan fingerprint density at radius 2 is 1.27 bits per heavy atom. The van der Waals surface area contributed by atoms with Gasteiger partial charge in [-0.25, -0.2) is 9.97 Å². The summed E-state index contributed by atoms with van der Waals surface area (Å²) < 4.78 is 14.4. The summed E-state index contributed by atoms with van der Waals surface area (Å²) in [5.41, 5.74) is 11.7. The van der Waals surface area contributed by atoms with E-state index in [0.29, 0.717) is 5.95 Å². The van der Waals surface area contributed by atoms with E-state index in [2.05, 4.69) is 200 Å². The van der Waals surface area contributed by atoms with Crippen molar-refractivity contribution in [3.8, 4) is 28.3 Å². The summed E-state index contributed by atoms with van der Waals surface area (Å²) in [6, 6.07) is 56.8. The highest BCUT2D eigenvalue weighted by atomic mass is 32.1. The predicted octanol–water partition coefficient (Wildman–Crippen LogP) is 15.9. The third-order valence-corrected chi connectivity index (χ3v) is 15.9. The molecule has 7 aromatic carbocycles. The third kappa shape index (κ3) is 5.02. The van der Waals surface area contributed by atoms with Gasteiger partial charge in [0.05, 0.1) is 32.3 Å². The summed E-state index contributed by atoms with van der Waals surface area (Å²) in [4.78, 5) is 11.0. The van der Waals surface area contributed by atoms with Crippen LogP contribution in [-0.2, 0) is 5.41 Å². The maximum atomic E-state index is 7.24. The van der Waals surface area contributed by atoms with Crippen molar-refractivity contribution >= 4 is 108 Å². The molecule has 2 atom stereocenters. The van der Waals surface area contributed by atoms with Crippen LogP contribution >= 0.6 is 22.7 Å². The molecule has 0 aliphatic heterocycles. The van der Waals surface area contributed by atoms with Crippen molar-refractivity contribution in [2.45, 2.75) is 12.3 Å². The highest BCUT2D eigenvalue weighted by Crippen LogP contribution is 2.55. The normalized spacial score (nSPS) is 17.2. The molecule has 6 heteroatoms. The highest BCUT2D eigenvalue weighted by Gasteiger charge is 2.44. The fourth-order valence-corrected chi connectivity index (χ4v) is 12.9. The molecule has 4 nitrogen and oxygen atoms in total. The van der Waals surface area contributed by atoms with Gasteiger partial charge in [0.1, 0.15) is 11.3 Å². The van der Waals surface area contributed by atoms with Gasteiger partial charge in [-0.05, 0) is 70.8 Å². The van der Waals surface area contributed by atoms with Crippen LogP contribution in [0.3, 0.4) is 0 Å². The molecule has 14 rings (SSSR count). The summed E-state index contributed by atoms with van der Waals surface area (Å²) in [5, 5.41) is 7.07. The topological polar surface area (TPSA) is 43.9 Å². The maximum absolute atomic E-state index is 7.24. The van der Waals surface area contributed by atoms with Crippen LogP contribution in [0.4, 0.5) is 0 Å². The average Bonchev–Trinajstić information content (AvgIpc) is 4.10. The lowest BCUT2D eigenvalue weighted by atomic mass is 9.62. The Morgan fingerprint density at radius 3 is 2.13 bits per heavy atom. The summed E-state index contributed by atoms with van der Waals surface area (Å²) in [7, 11) is 0. The first-order valence-electron chi connectivity index (χ1n) is 21.4. The molecule has 0 N–H and O–H groups in total. The molecule has 2 unspecified atom stereocenters. The maximum Gasteiger partial charge on any atom is 0.235 e. The Morgan fingerprint density at radius 1 is 0.571 bits per heavy atom. The van der Waals surface area contributed by atoms with E-state index in [1.54, 1.807) is 11.3 Å². The van der Waals surface area contributed by atoms with E-state index >= 15 is 0 Å². The zero-order valence-corrected chi connectivity index (χ0v) is 35.7. The van der Waals surface area contributed by atoms with Crippen LogP contribution in [0.1, 0.15) is 23.8 Å². The molecule has 0 saturated heterocycles. The molecule has 5 heterocycles. The average molecular weight is 842 g/mol. The minimum atomic E-state index is -0.323. The lowest BCUT2D eigenvalue weighted by Crippen LogP contribution is -2.33. The van der Waals surface area contributed by atoms with Crippen LogP contribution in [0, 0.1) is 5.92 Å². The number of rotatable bonds is 4. The lowest BCUT2D eigenvalue weighted by Gasteiger charge is -2.40. The fraction of sp³-hybridized carbons (Fsp3) is 0.0526. The molecule has 12 aromatic rings. The molecule has 2 aliphatic rings. The van der Waals surface area contributed by atoms with Crippen molar-refractivity contribution in [3.05, 3.63) is 199 Å². The standard InChI is InChI=1S/C57H35N3OS2/c1-57-30-12-11-18-43(57)41(36-26-29-49-42(31-36)37-15-6-9-20-47(37)62-49)32-46-51(57)40-27-28-45-50(54(40)61-46)38-16-5-8-19-44(38)60(45)56-58-52(55-53(59-56)39-17-7-10-21-48(39)63-55)35-24-22-34(23-25-35)33-13-3-2-4-14-33/h2-32,43H,1H3. The smallest absolute Gasteiger partial charge is 0.235 e. The second-order valence-electron chi connectivity index (χ2n) is 17.0. The monoisotopic (exact) mass is 841 g/mol. The molecule has 5 aromatic heterocycles. The third-order valence-electron chi connectivity index (χ3n) is 13.6. The summed E-state index contributed by atoms with van der Waals surface area (Å²) in [6.45, 7) is 2.38. The Kier molecular flexibility index (Phi) is 7.31. The number of allylic oxidation sites excluding steroid dienone is 5. The molecular formula is C57H35N3OS2. The first-order chi connectivity index (χ1) is 31.1. The minimum Gasteiger partial charge on any atom is -0.456 e. The van der Waals surface area contributed by atoms with Gasteiger partial charge in [-0.1, -0.05) is 146 Å². The van der Waals surface area contributed by atoms with Gasteiger partial charge in [0.25, 0.3) is 0 Å². The predicted molar refractivity (Wildman–Crippen MR) is 266 cm³/mol. The van der Waals surface area contributed by atoms with E-state index in [1.165, 1.54) is 52.7 Å². The van der Waals surface area contributed by atoms with Crippen molar-refractivity contribution in [3.63, 3.8) is 0 Å². The van der Waals surface area contributed by atoms with E-state index in [0.717, 1.165) is 65.4 Å². The highest BCUT2D eigenvalue weighted by molar-refractivity contribution is 7.26. The Hall–Kier alpha value is -7.38. The lowest BCUT2D eigenvalue weighted by molar-refractivity contribution is 0.488. The Labute approximate surface area is 370 Å². The molecule has 0 fully saturated rings. The van der Waals surface area contributed by atoms with E-state index in [9.17, 15) is 0 Å². The second kappa shape index (κ2) is 13.1. The van der Waals surface area contributed by atoms with Crippen LogP contribution in [0.25, 0.3) is 113 Å². The quantitative estimate of drug-likeness (QED) is 0.177. The Balaban J connectivity index is 0.999. The zero-order valence-electron chi connectivity index (χ0n) is 34.0. The van der Waals surface area contributed by atoms with Crippen LogP contribution in [0.15, 0.2) is 186 Å². The number of fused-ring (bicyclic) bond motifs is 15. The number of nitrogens with zero attached hydrogens (tertiary/aromatic N) is 3. The molecular weight excluding hydrogens is 807 g/mol. The number of benzene rings is 7.